The van der Waals surface area contributed by atoms with E-state index in [2.05, 4.69) is 43.1 Å². The van der Waals surface area contributed by atoms with Crippen molar-refractivity contribution in [3.8, 4) is 5.75 Å². The van der Waals surface area contributed by atoms with Crippen LogP contribution in [-0.2, 0) is 22.4 Å². The van der Waals surface area contributed by atoms with Crippen LogP contribution in [0.1, 0.15) is 93.6 Å². The topological polar surface area (TPSA) is 83.9 Å². The standard InChI is InChI=1S/C32H45N3O4/c1-21-15-18-38-26-12-7-11-25(28(21)26)29(31(36)37)35(4)24-19-27(32(2,3)20-24)39-17-6-5-10-23-14-13-22-9-8-16-33-30(22)34-23/h7,11-14,21,24,27,29H,5-6,8-10,15-20H2,1-4H3,(H,33,34)(H,36,37)/t21-,24?,27?,29-/m0/s1. The zero-order chi connectivity index (χ0) is 27.6. The Kier molecular flexibility index (Phi) is 8.48. The summed E-state index contributed by atoms with van der Waals surface area (Å²) in [5, 5.41) is 13.8. The number of unbranched alkanes of at least 4 members (excludes halogenated alkanes) is 1. The van der Waals surface area contributed by atoms with Crippen LogP contribution in [0.3, 0.4) is 0 Å². The van der Waals surface area contributed by atoms with Gasteiger partial charge in [0.15, 0.2) is 0 Å². The number of aliphatic carboxylic acids is 1. The fraction of sp³-hybridized carbons (Fsp3) is 0.625. The molecule has 0 spiro atoms. The number of aryl methyl sites for hydroxylation is 2. The summed E-state index contributed by atoms with van der Waals surface area (Å²) in [6, 6.07) is 9.69. The first-order valence-electron chi connectivity index (χ1n) is 14.8. The van der Waals surface area contributed by atoms with Crippen molar-refractivity contribution in [1.29, 1.82) is 0 Å². The molecule has 3 heterocycles. The summed E-state index contributed by atoms with van der Waals surface area (Å²) in [4.78, 5) is 19.5. The van der Waals surface area contributed by atoms with Gasteiger partial charge in [-0.25, -0.2) is 4.98 Å². The second kappa shape index (κ2) is 11.8. The minimum absolute atomic E-state index is 0.0137. The number of nitrogens with zero attached hydrogens (tertiary/aromatic N) is 2. The number of ether oxygens (including phenoxy) is 2. The van der Waals surface area contributed by atoms with Crippen LogP contribution in [0.25, 0.3) is 0 Å². The van der Waals surface area contributed by atoms with Gasteiger partial charge in [0, 0.05) is 30.5 Å². The molecule has 4 atom stereocenters. The third kappa shape index (κ3) is 6.09. The van der Waals surface area contributed by atoms with Gasteiger partial charge in [-0.3, -0.25) is 9.69 Å². The van der Waals surface area contributed by atoms with Gasteiger partial charge in [-0.15, -0.1) is 0 Å². The maximum absolute atomic E-state index is 12.7. The third-order valence-corrected chi connectivity index (χ3v) is 9.13. The molecule has 1 aliphatic carbocycles. The number of anilines is 1. The van der Waals surface area contributed by atoms with E-state index in [0.29, 0.717) is 6.61 Å². The predicted octanol–water partition coefficient (Wildman–Crippen LogP) is 5.98. The van der Waals surface area contributed by atoms with Gasteiger partial charge in [0.1, 0.15) is 17.6 Å². The molecule has 2 unspecified atom stereocenters. The summed E-state index contributed by atoms with van der Waals surface area (Å²) in [5.41, 5.74) is 4.38. The van der Waals surface area contributed by atoms with Crippen LogP contribution in [0.2, 0.25) is 0 Å². The fourth-order valence-electron chi connectivity index (χ4n) is 6.81. The Morgan fingerprint density at radius 1 is 1.28 bits per heavy atom. The second-order valence-corrected chi connectivity index (χ2v) is 12.4. The summed E-state index contributed by atoms with van der Waals surface area (Å²) in [6.07, 6.45) is 8.06. The van der Waals surface area contributed by atoms with E-state index < -0.39 is 12.0 Å². The number of hydrogen-bond donors (Lipinski definition) is 2. The number of carbonyl (C=O) groups is 1. The monoisotopic (exact) mass is 535 g/mol. The van der Waals surface area contributed by atoms with Gasteiger partial charge < -0.3 is 19.9 Å². The van der Waals surface area contributed by atoms with Crippen LogP contribution in [0.15, 0.2) is 30.3 Å². The van der Waals surface area contributed by atoms with Crippen LogP contribution in [0, 0.1) is 5.41 Å². The van der Waals surface area contributed by atoms with Crippen molar-refractivity contribution in [2.45, 2.75) is 96.2 Å². The van der Waals surface area contributed by atoms with Gasteiger partial charge in [0.2, 0.25) is 0 Å². The number of likely N-dealkylation sites (N-methyl/N-ethyl adjacent to an activating group) is 1. The van der Waals surface area contributed by atoms with E-state index >= 15 is 0 Å². The van der Waals surface area contributed by atoms with E-state index in [0.717, 1.165) is 86.5 Å². The van der Waals surface area contributed by atoms with E-state index in [-0.39, 0.29) is 23.5 Å². The zero-order valence-electron chi connectivity index (χ0n) is 24.0. The van der Waals surface area contributed by atoms with E-state index in [4.69, 9.17) is 14.5 Å². The van der Waals surface area contributed by atoms with E-state index in [1.807, 2.05) is 25.2 Å². The SMILES string of the molecule is C[C@H]1CCOc2cccc([C@@H](C(=O)O)N(C)C3CC(OCCCCc4ccc5c(n4)NCCC5)C(C)(C)C3)c21. The first kappa shape index (κ1) is 27.9. The minimum atomic E-state index is -0.808. The van der Waals surface area contributed by atoms with E-state index in [1.54, 1.807) is 0 Å². The van der Waals surface area contributed by atoms with Crippen LogP contribution >= 0.6 is 0 Å². The normalized spacial score (nSPS) is 24.4. The second-order valence-electron chi connectivity index (χ2n) is 12.4. The van der Waals surface area contributed by atoms with Crippen molar-refractivity contribution in [3.63, 3.8) is 0 Å². The Labute approximate surface area is 233 Å². The summed E-state index contributed by atoms with van der Waals surface area (Å²) < 4.78 is 12.4. The lowest BCUT2D eigenvalue weighted by atomic mass is 9.86. The number of hydrogen-bond acceptors (Lipinski definition) is 6. The number of benzene rings is 1. The van der Waals surface area contributed by atoms with Crippen LogP contribution in [-0.4, -0.2) is 59.9 Å². The smallest absolute Gasteiger partial charge is 0.325 e. The highest BCUT2D eigenvalue weighted by molar-refractivity contribution is 5.77. The van der Waals surface area contributed by atoms with Gasteiger partial charge in [-0.2, -0.15) is 0 Å². The number of nitrogens with one attached hydrogen (secondary N) is 1. The molecule has 0 radical (unpaired) electrons. The maximum Gasteiger partial charge on any atom is 0.325 e. The molecular formula is C32H45N3O4. The lowest BCUT2D eigenvalue weighted by molar-refractivity contribution is -0.144. The number of pyridine rings is 1. The lowest BCUT2D eigenvalue weighted by Crippen LogP contribution is -2.39. The highest BCUT2D eigenvalue weighted by Crippen LogP contribution is 2.45. The quantitative estimate of drug-likeness (QED) is 0.362. The highest BCUT2D eigenvalue weighted by atomic mass is 16.5. The zero-order valence-corrected chi connectivity index (χ0v) is 24.0. The molecule has 0 saturated heterocycles. The average Bonchev–Trinajstić information content (AvgIpc) is 3.22. The first-order valence-corrected chi connectivity index (χ1v) is 14.8. The molecule has 0 amide bonds. The largest absolute Gasteiger partial charge is 0.493 e. The molecule has 7 nitrogen and oxygen atoms in total. The molecule has 7 heteroatoms. The molecule has 2 aromatic rings. The van der Waals surface area contributed by atoms with Gasteiger partial charge in [0.25, 0.3) is 0 Å². The molecule has 1 aromatic heterocycles. The Bertz CT molecular complexity index is 1170. The molecule has 0 bridgehead atoms. The average molecular weight is 536 g/mol. The van der Waals surface area contributed by atoms with Gasteiger partial charge in [-0.05, 0) is 93.0 Å². The number of carboxylic acid groups (broad SMARTS) is 1. The lowest BCUT2D eigenvalue weighted by Gasteiger charge is -2.34. The third-order valence-electron chi connectivity index (χ3n) is 9.13. The molecule has 2 aliphatic heterocycles. The van der Waals surface area contributed by atoms with Gasteiger partial charge in [-0.1, -0.05) is 39.0 Å². The Morgan fingerprint density at radius 2 is 2.13 bits per heavy atom. The molecule has 5 rings (SSSR count). The van der Waals surface area contributed by atoms with E-state index in [1.165, 1.54) is 12.0 Å². The predicted molar refractivity (Wildman–Crippen MR) is 154 cm³/mol. The summed E-state index contributed by atoms with van der Waals surface area (Å²) in [6.45, 7) is 9.10. The Hall–Kier alpha value is -2.64. The summed E-state index contributed by atoms with van der Waals surface area (Å²) >= 11 is 0. The van der Waals surface area contributed by atoms with Crippen LogP contribution < -0.4 is 10.1 Å². The minimum Gasteiger partial charge on any atom is -0.493 e. The van der Waals surface area contributed by atoms with Crippen molar-refractivity contribution in [1.82, 2.24) is 9.88 Å². The molecule has 39 heavy (non-hydrogen) atoms. The van der Waals surface area contributed by atoms with Crippen molar-refractivity contribution in [2.75, 3.05) is 32.1 Å². The van der Waals surface area contributed by atoms with Crippen molar-refractivity contribution in [2.24, 2.45) is 5.41 Å². The van der Waals surface area contributed by atoms with Crippen LogP contribution in [0.5, 0.6) is 5.75 Å². The van der Waals surface area contributed by atoms with Gasteiger partial charge >= 0.3 is 5.97 Å². The summed E-state index contributed by atoms with van der Waals surface area (Å²) in [5.74, 6) is 1.37. The van der Waals surface area contributed by atoms with Gasteiger partial charge in [0.05, 0.1) is 12.7 Å². The Morgan fingerprint density at radius 3 is 2.95 bits per heavy atom. The molecular weight excluding hydrogens is 490 g/mol. The maximum atomic E-state index is 12.7. The van der Waals surface area contributed by atoms with Crippen molar-refractivity contribution >= 4 is 11.8 Å². The van der Waals surface area contributed by atoms with Crippen molar-refractivity contribution < 1.29 is 19.4 Å². The molecule has 2 N–H and O–H groups in total. The molecule has 1 fully saturated rings. The fourth-order valence-corrected chi connectivity index (χ4v) is 6.81. The molecule has 1 aromatic carbocycles. The van der Waals surface area contributed by atoms with Crippen LogP contribution in [0.4, 0.5) is 5.82 Å². The molecule has 1 saturated carbocycles. The first-order chi connectivity index (χ1) is 18.7. The molecule has 212 valence electrons. The number of fused-ring (bicyclic) bond motifs is 2. The summed E-state index contributed by atoms with van der Waals surface area (Å²) in [7, 11) is 1.97. The number of carboxylic acids is 1. The van der Waals surface area contributed by atoms with E-state index in [9.17, 15) is 9.90 Å². The van der Waals surface area contributed by atoms with Crippen molar-refractivity contribution in [3.05, 3.63) is 52.7 Å². The highest BCUT2D eigenvalue weighted by Gasteiger charge is 2.45. The number of rotatable bonds is 10. The number of aromatic nitrogens is 1. The molecule has 3 aliphatic rings. The Balaban J connectivity index is 1.17.